The molecule has 0 spiro atoms. The normalized spacial score (nSPS) is 12.6. The van der Waals surface area contributed by atoms with Crippen LogP contribution in [0.25, 0.3) is 0 Å². The Morgan fingerprint density at radius 1 is 1.58 bits per heavy atom. The highest BCUT2D eigenvalue weighted by molar-refractivity contribution is 5.84. The molecule has 0 fully saturated rings. The summed E-state index contributed by atoms with van der Waals surface area (Å²) in [6.45, 7) is 4.52. The summed E-state index contributed by atoms with van der Waals surface area (Å²) in [4.78, 5) is 10.7. The first-order chi connectivity index (χ1) is 8.99. The maximum absolute atomic E-state index is 10.7. The smallest absolute Gasteiger partial charge is 0.371 e. The fraction of sp³-hybridized carbons (Fsp3) is 0.385. The van der Waals surface area contributed by atoms with Crippen molar-refractivity contribution in [2.75, 3.05) is 0 Å². The van der Waals surface area contributed by atoms with E-state index in [-0.39, 0.29) is 11.8 Å². The summed E-state index contributed by atoms with van der Waals surface area (Å²) < 4.78 is 7.01. The molecule has 0 aliphatic heterocycles. The van der Waals surface area contributed by atoms with Crippen molar-refractivity contribution >= 4 is 5.97 Å². The van der Waals surface area contributed by atoms with Crippen molar-refractivity contribution in [3.8, 4) is 0 Å². The van der Waals surface area contributed by atoms with Crippen LogP contribution in [0.2, 0.25) is 0 Å². The number of furan rings is 1. The van der Waals surface area contributed by atoms with Gasteiger partial charge in [0.05, 0.1) is 12.7 Å². The Kier molecular flexibility index (Phi) is 3.71. The third-order valence-electron chi connectivity index (χ3n) is 3.19. The lowest BCUT2D eigenvalue weighted by Crippen LogP contribution is -2.18. The Labute approximate surface area is 111 Å². The fourth-order valence-electron chi connectivity index (χ4n) is 1.89. The van der Waals surface area contributed by atoms with Gasteiger partial charge in [-0.1, -0.05) is 0 Å². The fourth-order valence-corrected chi connectivity index (χ4v) is 1.89. The van der Waals surface area contributed by atoms with Crippen LogP contribution < -0.4 is 5.32 Å². The number of carbonyl (C=O) groups is 1. The van der Waals surface area contributed by atoms with Crippen LogP contribution in [-0.4, -0.2) is 20.9 Å². The maximum atomic E-state index is 10.7. The standard InChI is InChI=1S/C13H17N3O3/c1-8(11-7-15-16(3)9(11)2)14-6-10-4-5-12(19-10)13(17)18/h4-5,7-8,14H,6H2,1-3H3,(H,17,18). The second kappa shape index (κ2) is 5.27. The summed E-state index contributed by atoms with van der Waals surface area (Å²) >= 11 is 0. The Bertz CT molecular complexity index is 586. The number of rotatable bonds is 5. The van der Waals surface area contributed by atoms with Crippen LogP contribution in [0, 0.1) is 6.92 Å². The van der Waals surface area contributed by atoms with Crippen LogP contribution in [-0.2, 0) is 13.6 Å². The highest BCUT2D eigenvalue weighted by atomic mass is 16.4. The quantitative estimate of drug-likeness (QED) is 0.860. The van der Waals surface area contributed by atoms with Gasteiger partial charge in [-0.25, -0.2) is 4.79 Å². The molecule has 2 N–H and O–H groups in total. The third-order valence-corrected chi connectivity index (χ3v) is 3.19. The van der Waals surface area contributed by atoms with E-state index in [0.29, 0.717) is 12.3 Å². The Balaban J connectivity index is 1.98. The zero-order chi connectivity index (χ0) is 14.0. The van der Waals surface area contributed by atoms with Gasteiger partial charge >= 0.3 is 5.97 Å². The number of aryl methyl sites for hydroxylation is 1. The van der Waals surface area contributed by atoms with Gasteiger partial charge in [-0.2, -0.15) is 5.10 Å². The number of carboxylic acid groups (broad SMARTS) is 1. The van der Waals surface area contributed by atoms with Crippen molar-refractivity contribution in [1.82, 2.24) is 15.1 Å². The average molecular weight is 263 g/mol. The van der Waals surface area contributed by atoms with Gasteiger partial charge in [-0.15, -0.1) is 0 Å². The van der Waals surface area contributed by atoms with Gasteiger partial charge in [0.2, 0.25) is 5.76 Å². The van der Waals surface area contributed by atoms with E-state index >= 15 is 0 Å². The van der Waals surface area contributed by atoms with E-state index in [2.05, 4.69) is 10.4 Å². The Morgan fingerprint density at radius 3 is 2.84 bits per heavy atom. The Hall–Kier alpha value is -2.08. The van der Waals surface area contributed by atoms with Gasteiger partial charge < -0.3 is 14.8 Å². The number of carboxylic acids is 1. The molecule has 2 aromatic heterocycles. The third kappa shape index (κ3) is 2.85. The number of hydrogen-bond acceptors (Lipinski definition) is 4. The summed E-state index contributed by atoms with van der Waals surface area (Å²) in [5.41, 5.74) is 2.22. The molecule has 6 heteroatoms. The number of nitrogens with one attached hydrogen (secondary N) is 1. The molecular formula is C13H17N3O3. The molecule has 0 aliphatic carbocycles. The molecule has 2 heterocycles. The topological polar surface area (TPSA) is 80.3 Å². The molecule has 2 rings (SSSR count). The largest absolute Gasteiger partial charge is 0.475 e. The minimum absolute atomic E-state index is 0.0398. The van der Waals surface area contributed by atoms with Crippen LogP contribution in [0.5, 0.6) is 0 Å². The number of nitrogens with zero attached hydrogens (tertiary/aromatic N) is 2. The molecule has 2 aromatic rings. The maximum Gasteiger partial charge on any atom is 0.371 e. The first kappa shape index (κ1) is 13.4. The second-order valence-corrected chi connectivity index (χ2v) is 4.48. The van der Waals surface area contributed by atoms with E-state index in [0.717, 1.165) is 11.3 Å². The first-order valence-electron chi connectivity index (χ1n) is 6.03. The van der Waals surface area contributed by atoms with E-state index < -0.39 is 5.97 Å². The van der Waals surface area contributed by atoms with Crippen LogP contribution >= 0.6 is 0 Å². The molecule has 0 aliphatic rings. The molecule has 0 radical (unpaired) electrons. The summed E-state index contributed by atoms with van der Waals surface area (Å²) in [7, 11) is 1.90. The molecule has 0 aromatic carbocycles. The molecule has 0 bridgehead atoms. The van der Waals surface area contributed by atoms with Gasteiger partial charge in [-0.3, -0.25) is 4.68 Å². The molecule has 6 nitrogen and oxygen atoms in total. The van der Waals surface area contributed by atoms with Gasteiger partial charge in [0.15, 0.2) is 0 Å². The van der Waals surface area contributed by atoms with Gasteiger partial charge in [0, 0.05) is 24.3 Å². The van der Waals surface area contributed by atoms with Crippen LogP contribution in [0.4, 0.5) is 0 Å². The molecular weight excluding hydrogens is 246 g/mol. The lowest BCUT2D eigenvalue weighted by Gasteiger charge is -2.12. The van der Waals surface area contributed by atoms with Crippen molar-refractivity contribution in [1.29, 1.82) is 0 Å². The molecule has 1 atom stereocenters. The van der Waals surface area contributed by atoms with E-state index in [4.69, 9.17) is 9.52 Å². The van der Waals surface area contributed by atoms with Crippen molar-refractivity contribution in [3.05, 3.63) is 41.1 Å². The minimum Gasteiger partial charge on any atom is -0.475 e. The molecule has 102 valence electrons. The zero-order valence-corrected chi connectivity index (χ0v) is 11.2. The predicted octanol–water partition coefficient (Wildman–Crippen LogP) is 1.87. The van der Waals surface area contributed by atoms with Crippen LogP contribution in [0.1, 0.15) is 40.5 Å². The highest BCUT2D eigenvalue weighted by Crippen LogP contribution is 2.17. The monoisotopic (exact) mass is 263 g/mol. The minimum atomic E-state index is -1.05. The van der Waals surface area contributed by atoms with E-state index in [9.17, 15) is 4.79 Å². The zero-order valence-electron chi connectivity index (χ0n) is 11.2. The predicted molar refractivity (Wildman–Crippen MR) is 68.9 cm³/mol. The molecule has 19 heavy (non-hydrogen) atoms. The van der Waals surface area contributed by atoms with E-state index in [1.54, 1.807) is 6.07 Å². The molecule has 0 saturated carbocycles. The molecule has 0 saturated heterocycles. The van der Waals surface area contributed by atoms with Gasteiger partial charge in [0.25, 0.3) is 0 Å². The first-order valence-corrected chi connectivity index (χ1v) is 6.03. The summed E-state index contributed by atoms with van der Waals surface area (Å²) in [5.74, 6) is -0.491. The number of aromatic carboxylic acids is 1. The summed E-state index contributed by atoms with van der Waals surface area (Å²) in [6, 6.07) is 3.24. The van der Waals surface area contributed by atoms with Crippen LogP contribution in [0.15, 0.2) is 22.7 Å². The lowest BCUT2D eigenvalue weighted by atomic mass is 10.1. The second-order valence-electron chi connectivity index (χ2n) is 4.48. The SMILES string of the molecule is Cc1c(C(C)NCc2ccc(C(=O)O)o2)cnn1C. The van der Waals surface area contributed by atoms with E-state index in [1.807, 2.05) is 31.8 Å². The van der Waals surface area contributed by atoms with Crippen LogP contribution in [0.3, 0.4) is 0 Å². The van der Waals surface area contributed by atoms with Crippen molar-refractivity contribution in [2.24, 2.45) is 7.05 Å². The summed E-state index contributed by atoms with van der Waals surface area (Å²) in [6.07, 6.45) is 1.83. The molecule has 1 unspecified atom stereocenters. The average Bonchev–Trinajstić information content (AvgIpc) is 2.95. The van der Waals surface area contributed by atoms with Gasteiger partial charge in [0.1, 0.15) is 5.76 Å². The van der Waals surface area contributed by atoms with Crippen molar-refractivity contribution in [2.45, 2.75) is 26.4 Å². The Morgan fingerprint density at radius 2 is 2.32 bits per heavy atom. The van der Waals surface area contributed by atoms with Crippen molar-refractivity contribution < 1.29 is 14.3 Å². The molecule has 0 amide bonds. The number of aromatic nitrogens is 2. The summed E-state index contributed by atoms with van der Waals surface area (Å²) in [5, 5.41) is 16.2. The highest BCUT2D eigenvalue weighted by Gasteiger charge is 2.13. The lowest BCUT2D eigenvalue weighted by molar-refractivity contribution is 0.0660. The van der Waals surface area contributed by atoms with Gasteiger partial charge in [-0.05, 0) is 26.0 Å². The van der Waals surface area contributed by atoms with Crippen molar-refractivity contribution in [3.63, 3.8) is 0 Å². The number of hydrogen-bond donors (Lipinski definition) is 2. The van der Waals surface area contributed by atoms with E-state index in [1.165, 1.54) is 6.07 Å².